The van der Waals surface area contributed by atoms with Gasteiger partial charge in [-0.3, -0.25) is 9.69 Å². The maximum atomic E-state index is 13.0. The maximum absolute atomic E-state index is 13.0. The van der Waals surface area contributed by atoms with Crippen molar-refractivity contribution in [1.82, 2.24) is 15.1 Å². The van der Waals surface area contributed by atoms with Crippen molar-refractivity contribution in [1.29, 1.82) is 0 Å². The van der Waals surface area contributed by atoms with E-state index in [2.05, 4.69) is 39.4 Å². The van der Waals surface area contributed by atoms with Crippen molar-refractivity contribution < 1.29 is 14.6 Å². The van der Waals surface area contributed by atoms with Gasteiger partial charge in [-0.15, -0.1) is 0 Å². The first-order valence-electron chi connectivity index (χ1n) is 11.2. The molecular formula is C23H33N3O3. The van der Waals surface area contributed by atoms with E-state index in [1.54, 1.807) is 7.11 Å². The molecule has 1 amide bonds. The van der Waals surface area contributed by atoms with Gasteiger partial charge in [0, 0.05) is 38.3 Å². The van der Waals surface area contributed by atoms with Crippen LogP contribution in [-0.2, 0) is 4.79 Å². The van der Waals surface area contributed by atoms with Crippen LogP contribution in [0.1, 0.15) is 43.7 Å². The van der Waals surface area contributed by atoms with Gasteiger partial charge in [-0.25, -0.2) is 0 Å². The van der Waals surface area contributed by atoms with Gasteiger partial charge in [0.25, 0.3) is 0 Å². The fraction of sp³-hybridized carbons (Fsp3) is 0.696. The normalized spacial score (nSPS) is 37.2. The number of nitrogens with zero attached hydrogens (tertiary/aromatic N) is 2. The molecule has 4 heterocycles. The number of aliphatic hydroxyl groups excluding tert-OH is 1. The Bertz CT molecular complexity index is 739. The molecule has 4 aliphatic heterocycles. The predicted octanol–water partition coefficient (Wildman–Crippen LogP) is 1.79. The Hall–Kier alpha value is -1.63. The SMILES string of the molecule is COc1ccc([C@H]2CCC[C@H]3[C@@H]4C[C@@H](CN(C(=O)[C@H]5C[C@@H](O)CN5)C4)CN23)cc1. The number of rotatable bonds is 3. The van der Waals surface area contributed by atoms with E-state index in [1.165, 1.54) is 31.2 Å². The Morgan fingerprint density at radius 1 is 1.14 bits per heavy atom. The van der Waals surface area contributed by atoms with Crippen LogP contribution in [0.25, 0.3) is 0 Å². The molecule has 29 heavy (non-hydrogen) atoms. The van der Waals surface area contributed by atoms with E-state index in [1.807, 2.05) is 0 Å². The molecule has 2 N–H and O–H groups in total. The van der Waals surface area contributed by atoms with Crippen LogP contribution >= 0.6 is 0 Å². The van der Waals surface area contributed by atoms with Gasteiger partial charge in [-0.05, 0) is 61.6 Å². The van der Waals surface area contributed by atoms with E-state index in [4.69, 9.17) is 4.74 Å². The second-order valence-corrected chi connectivity index (χ2v) is 9.44. The van der Waals surface area contributed by atoms with Crippen molar-refractivity contribution in [2.75, 3.05) is 33.3 Å². The molecular weight excluding hydrogens is 366 g/mol. The lowest BCUT2D eigenvalue weighted by molar-refractivity contribution is -0.141. The largest absolute Gasteiger partial charge is 0.497 e. The number of carbonyl (C=O) groups excluding carboxylic acids is 1. The molecule has 0 aromatic heterocycles. The van der Waals surface area contributed by atoms with Gasteiger partial charge in [-0.2, -0.15) is 0 Å². The summed E-state index contributed by atoms with van der Waals surface area (Å²) >= 11 is 0. The van der Waals surface area contributed by atoms with Gasteiger partial charge in [0.05, 0.1) is 19.3 Å². The zero-order chi connectivity index (χ0) is 20.0. The van der Waals surface area contributed by atoms with Crippen LogP contribution in [0.3, 0.4) is 0 Å². The molecule has 4 fully saturated rings. The number of hydrogen-bond donors (Lipinski definition) is 2. The Kier molecular flexibility index (Phi) is 5.26. The highest BCUT2D eigenvalue weighted by Gasteiger charge is 2.46. The topological polar surface area (TPSA) is 65.0 Å². The number of amides is 1. The molecule has 0 aliphatic carbocycles. The van der Waals surface area contributed by atoms with Gasteiger partial charge in [0.2, 0.25) is 5.91 Å². The third-order valence-corrected chi connectivity index (χ3v) is 7.60. The Balaban J connectivity index is 1.30. The second-order valence-electron chi connectivity index (χ2n) is 9.44. The van der Waals surface area contributed by atoms with Crippen molar-refractivity contribution in [3.8, 4) is 5.75 Å². The van der Waals surface area contributed by atoms with E-state index in [0.29, 0.717) is 36.9 Å². The molecule has 158 valence electrons. The smallest absolute Gasteiger partial charge is 0.239 e. The minimum atomic E-state index is -0.382. The molecule has 2 bridgehead atoms. The van der Waals surface area contributed by atoms with E-state index >= 15 is 0 Å². The van der Waals surface area contributed by atoms with Crippen LogP contribution in [0, 0.1) is 11.8 Å². The molecule has 0 spiro atoms. The molecule has 6 atom stereocenters. The maximum Gasteiger partial charge on any atom is 0.239 e. The average Bonchev–Trinajstić information content (AvgIpc) is 3.19. The van der Waals surface area contributed by atoms with Crippen LogP contribution in [0.5, 0.6) is 5.75 Å². The lowest BCUT2D eigenvalue weighted by atomic mass is 9.73. The first-order chi connectivity index (χ1) is 14.1. The van der Waals surface area contributed by atoms with Gasteiger partial charge in [0.1, 0.15) is 5.75 Å². The predicted molar refractivity (Wildman–Crippen MR) is 111 cm³/mol. The van der Waals surface area contributed by atoms with Gasteiger partial charge in [-0.1, -0.05) is 12.1 Å². The summed E-state index contributed by atoms with van der Waals surface area (Å²) in [5.41, 5.74) is 1.40. The molecule has 4 saturated heterocycles. The minimum Gasteiger partial charge on any atom is -0.497 e. The molecule has 1 aromatic rings. The zero-order valence-corrected chi connectivity index (χ0v) is 17.3. The fourth-order valence-electron chi connectivity index (χ4n) is 6.30. The molecule has 4 aliphatic rings. The monoisotopic (exact) mass is 399 g/mol. The number of aliphatic hydroxyl groups is 1. The molecule has 6 nitrogen and oxygen atoms in total. The van der Waals surface area contributed by atoms with Gasteiger partial charge >= 0.3 is 0 Å². The molecule has 6 heteroatoms. The number of hydrogen-bond acceptors (Lipinski definition) is 5. The molecule has 0 radical (unpaired) electrons. The second kappa shape index (κ2) is 7.89. The van der Waals surface area contributed by atoms with E-state index in [0.717, 1.165) is 25.4 Å². The molecule has 0 saturated carbocycles. The minimum absolute atomic E-state index is 0.196. The zero-order valence-electron chi connectivity index (χ0n) is 17.3. The summed E-state index contributed by atoms with van der Waals surface area (Å²) < 4.78 is 5.33. The summed E-state index contributed by atoms with van der Waals surface area (Å²) in [7, 11) is 1.71. The number of piperidine rings is 3. The Labute approximate surface area is 173 Å². The van der Waals surface area contributed by atoms with E-state index in [-0.39, 0.29) is 18.1 Å². The standard InChI is InChI=1S/C23H33N3O3/c1-29-19-7-5-16(6-8-19)21-3-2-4-22-17-9-15(13-26(21)22)12-25(14-17)23(28)20-10-18(27)11-24-20/h5-8,15,17-18,20-22,24,27H,2-4,9-14H2,1H3/t15-,17+,18+,20+,21+,22-/m0/s1. The summed E-state index contributed by atoms with van der Waals surface area (Å²) in [6.45, 7) is 3.36. The summed E-state index contributed by atoms with van der Waals surface area (Å²) in [4.78, 5) is 17.9. The quantitative estimate of drug-likeness (QED) is 0.811. The lowest BCUT2D eigenvalue weighted by Crippen LogP contribution is -2.61. The lowest BCUT2D eigenvalue weighted by Gasteiger charge is -2.55. The number of methoxy groups -OCH3 is 1. The van der Waals surface area contributed by atoms with Crippen molar-refractivity contribution in [3.05, 3.63) is 29.8 Å². The van der Waals surface area contributed by atoms with Gasteiger partial charge in [0.15, 0.2) is 0 Å². The Morgan fingerprint density at radius 3 is 2.69 bits per heavy atom. The third-order valence-electron chi connectivity index (χ3n) is 7.60. The van der Waals surface area contributed by atoms with E-state index in [9.17, 15) is 9.90 Å². The Morgan fingerprint density at radius 2 is 1.97 bits per heavy atom. The molecule has 5 rings (SSSR count). The van der Waals surface area contributed by atoms with Crippen molar-refractivity contribution in [2.24, 2.45) is 11.8 Å². The van der Waals surface area contributed by atoms with Gasteiger partial charge < -0.3 is 20.1 Å². The van der Waals surface area contributed by atoms with Crippen molar-refractivity contribution >= 4 is 5.91 Å². The molecule has 1 aromatic carbocycles. The number of benzene rings is 1. The summed E-state index contributed by atoms with van der Waals surface area (Å²) in [5, 5.41) is 13.0. The number of fused-ring (bicyclic) bond motifs is 4. The highest BCUT2D eigenvalue weighted by molar-refractivity contribution is 5.82. The van der Waals surface area contributed by atoms with E-state index < -0.39 is 0 Å². The van der Waals surface area contributed by atoms with Crippen LogP contribution in [0.4, 0.5) is 0 Å². The number of likely N-dealkylation sites (tertiary alicyclic amines) is 1. The first kappa shape index (κ1) is 19.3. The highest BCUT2D eigenvalue weighted by Crippen LogP contribution is 2.44. The summed E-state index contributed by atoms with van der Waals surface area (Å²) in [6, 6.07) is 9.47. The first-order valence-corrected chi connectivity index (χ1v) is 11.2. The molecule has 0 unspecified atom stereocenters. The average molecular weight is 400 g/mol. The van der Waals surface area contributed by atoms with Crippen LogP contribution in [-0.4, -0.2) is 72.3 Å². The number of nitrogens with one attached hydrogen (secondary N) is 1. The number of β-amino-alcohol motifs (C(OH)–C–C–N with tert-alkyl or cyclic N) is 1. The van der Waals surface area contributed by atoms with Crippen LogP contribution in [0.2, 0.25) is 0 Å². The number of carbonyl (C=O) groups is 1. The third kappa shape index (κ3) is 3.66. The summed E-state index contributed by atoms with van der Waals surface area (Å²) in [5.74, 6) is 2.24. The highest BCUT2D eigenvalue weighted by atomic mass is 16.5. The summed E-state index contributed by atoms with van der Waals surface area (Å²) in [6.07, 6.45) is 5.14. The fourth-order valence-corrected chi connectivity index (χ4v) is 6.30. The van der Waals surface area contributed by atoms with Crippen LogP contribution in [0.15, 0.2) is 24.3 Å². The van der Waals surface area contributed by atoms with Crippen molar-refractivity contribution in [2.45, 2.75) is 56.3 Å². The van der Waals surface area contributed by atoms with Crippen LogP contribution < -0.4 is 10.1 Å². The van der Waals surface area contributed by atoms with Crippen molar-refractivity contribution in [3.63, 3.8) is 0 Å². The number of ether oxygens (including phenoxy) is 1.